The van der Waals surface area contributed by atoms with Crippen molar-refractivity contribution in [2.24, 2.45) is 5.41 Å². The Hall–Kier alpha value is -3.42. The molecule has 2 heterocycles. The molecule has 3 aromatic rings. The molecule has 5 rings (SSSR count). The molecule has 1 amide bonds. The molecule has 7 heteroatoms. The van der Waals surface area contributed by atoms with Gasteiger partial charge in [-0.25, -0.2) is 0 Å². The van der Waals surface area contributed by atoms with Gasteiger partial charge in [0.1, 0.15) is 5.75 Å². The summed E-state index contributed by atoms with van der Waals surface area (Å²) < 4.78 is 6.02. The van der Waals surface area contributed by atoms with Crippen LogP contribution in [0.2, 0.25) is 0 Å². The van der Waals surface area contributed by atoms with Crippen LogP contribution in [0.25, 0.3) is 10.8 Å². The van der Waals surface area contributed by atoms with Crippen LogP contribution in [0.15, 0.2) is 66.7 Å². The van der Waals surface area contributed by atoms with E-state index in [1.807, 2.05) is 35.2 Å². The van der Waals surface area contributed by atoms with Crippen LogP contribution in [0.5, 0.6) is 5.75 Å². The SMILES string of the molecule is CC1(C)CCCN(CCCOc2ccc(CCN3CCN(C(=O)c4cccc5ccccc45)CC3)cc2)C1.O=CO. The summed E-state index contributed by atoms with van der Waals surface area (Å²) in [6, 6.07) is 22.8. The number of piperazine rings is 1. The molecule has 0 spiro atoms. The van der Waals surface area contributed by atoms with Crippen LogP contribution in [0.3, 0.4) is 0 Å². The lowest BCUT2D eigenvalue weighted by Gasteiger charge is -2.38. The summed E-state index contributed by atoms with van der Waals surface area (Å²) in [4.78, 5) is 28.7. The van der Waals surface area contributed by atoms with E-state index in [0.717, 1.165) is 80.8 Å². The molecule has 0 aromatic heterocycles. The molecule has 0 saturated carbocycles. The van der Waals surface area contributed by atoms with E-state index in [9.17, 15) is 4.79 Å². The first kappa shape index (κ1) is 30.5. The number of likely N-dealkylation sites (tertiary alicyclic amines) is 1. The maximum Gasteiger partial charge on any atom is 0.290 e. The highest BCUT2D eigenvalue weighted by atomic mass is 16.5. The quantitative estimate of drug-likeness (QED) is 0.278. The Labute approximate surface area is 244 Å². The molecule has 41 heavy (non-hydrogen) atoms. The van der Waals surface area contributed by atoms with E-state index in [1.165, 1.54) is 31.5 Å². The molecule has 2 saturated heterocycles. The van der Waals surface area contributed by atoms with Gasteiger partial charge in [0.25, 0.3) is 12.4 Å². The first-order valence-corrected chi connectivity index (χ1v) is 14.9. The van der Waals surface area contributed by atoms with E-state index in [-0.39, 0.29) is 12.4 Å². The zero-order valence-electron chi connectivity index (χ0n) is 24.6. The zero-order chi connectivity index (χ0) is 29.1. The summed E-state index contributed by atoms with van der Waals surface area (Å²) in [6.45, 7) is 13.3. The van der Waals surface area contributed by atoms with Gasteiger partial charge < -0.3 is 19.6 Å². The van der Waals surface area contributed by atoms with E-state index in [2.05, 4.69) is 60.0 Å². The molecular formula is C34H45N3O4. The summed E-state index contributed by atoms with van der Waals surface area (Å²) in [7, 11) is 0. The number of benzene rings is 3. The summed E-state index contributed by atoms with van der Waals surface area (Å²) in [6.07, 6.45) is 4.75. The van der Waals surface area contributed by atoms with Crippen LogP contribution >= 0.6 is 0 Å². The average Bonchev–Trinajstić information content (AvgIpc) is 2.98. The van der Waals surface area contributed by atoms with Gasteiger partial charge in [-0.15, -0.1) is 0 Å². The number of piperidine rings is 1. The molecule has 1 N–H and O–H groups in total. The Morgan fingerprint density at radius 3 is 2.34 bits per heavy atom. The fourth-order valence-electron chi connectivity index (χ4n) is 6.01. The molecule has 2 aliphatic heterocycles. The second-order valence-electron chi connectivity index (χ2n) is 11.9. The van der Waals surface area contributed by atoms with Crippen molar-refractivity contribution in [3.63, 3.8) is 0 Å². The number of carbonyl (C=O) groups excluding carboxylic acids is 1. The highest BCUT2D eigenvalue weighted by Gasteiger charge is 2.26. The highest BCUT2D eigenvalue weighted by Crippen LogP contribution is 2.28. The van der Waals surface area contributed by atoms with Gasteiger partial charge in [0.2, 0.25) is 0 Å². The average molecular weight is 560 g/mol. The van der Waals surface area contributed by atoms with Crippen LogP contribution in [0.4, 0.5) is 0 Å². The van der Waals surface area contributed by atoms with Crippen molar-refractivity contribution in [3.8, 4) is 5.75 Å². The standard InChI is InChI=1S/C33H43N3O2.CH2O2/c1-33(2)17-6-18-35(26-33)19-7-25-38-29-14-12-27(13-15-29)16-20-34-21-23-36(24-22-34)32(37)31-11-5-9-28-8-3-4-10-30(28)31;2-1-3/h3-5,8-15H,6-7,16-26H2,1-2H3;1H,(H,2,3). The lowest BCUT2D eigenvalue weighted by molar-refractivity contribution is -0.122. The minimum absolute atomic E-state index is 0.150. The van der Waals surface area contributed by atoms with Crippen molar-refractivity contribution in [1.29, 1.82) is 0 Å². The molecule has 0 radical (unpaired) electrons. The van der Waals surface area contributed by atoms with E-state index in [1.54, 1.807) is 0 Å². The van der Waals surface area contributed by atoms with Crippen LogP contribution in [-0.2, 0) is 11.2 Å². The van der Waals surface area contributed by atoms with Crippen molar-refractivity contribution < 1.29 is 19.4 Å². The number of hydrogen-bond donors (Lipinski definition) is 1. The number of rotatable bonds is 9. The highest BCUT2D eigenvalue weighted by molar-refractivity contribution is 6.07. The molecule has 0 aliphatic carbocycles. The van der Waals surface area contributed by atoms with Gasteiger partial charge in [-0.05, 0) is 72.2 Å². The molecule has 0 atom stereocenters. The van der Waals surface area contributed by atoms with E-state index in [4.69, 9.17) is 14.6 Å². The Morgan fingerprint density at radius 1 is 0.902 bits per heavy atom. The third-order valence-electron chi connectivity index (χ3n) is 8.19. The Kier molecular flexibility index (Phi) is 11.2. The van der Waals surface area contributed by atoms with Crippen molar-refractivity contribution in [3.05, 3.63) is 77.9 Å². The monoisotopic (exact) mass is 559 g/mol. The smallest absolute Gasteiger partial charge is 0.290 e. The molecule has 2 aliphatic rings. The predicted octanol–water partition coefficient (Wildman–Crippen LogP) is 5.43. The predicted molar refractivity (Wildman–Crippen MR) is 165 cm³/mol. The molecule has 0 unspecified atom stereocenters. The van der Waals surface area contributed by atoms with Crippen LogP contribution in [-0.4, -0.2) is 91.2 Å². The fraction of sp³-hybridized carbons (Fsp3) is 0.471. The maximum absolute atomic E-state index is 13.2. The number of fused-ring (bicyclic) bond motifs is 1. The number of hydrogen-bond acceptors (Lipinski definition) is 5. The van der Waals surface area contributed by atoms with Gasteiger partial charge in [-0.3, -0.25) is 14.5 Å². The van der Waals surface area contributed by atoms with Crippen LogP contribution < -0.4 is 4.74 Å². The fourth-order valence-corrected chi connectivity index (χ4v) is 6.01. The number of ether oxygens (including phenoxy) is 1. The second-order valence-corrected chi connectivity index (χ2v) is 11.9. The van der Waals surface area contributed by atoms with E-state index < -0.39 is 0 Å². The van der Waals surface area contributed by atoms with Crippen molar-refractivity contribution in [2.75, 3.05) is 59.0 Å². The van der Waals surface area contributed by atoms with Gasteiger partial charge in [0.15, 0.2) is 0 Å². The van der Waals surface area contributed by atoms with Crippen LogP contribution in [0.1, 0.15) is 49.0 Å². The number of carbonyl (C=O) groups is 2. The summed E-state index contributed by atoms with van der Waals surface area (Å²) >= 11 is 0. The van der Waals surface area contributed by atoms with Crippen molar-refractivity contribution in [1.82, 2.24) is 14.7 Å². The van der Waals surface area contributed by atoms with Crippen molar-refractivity contribution >= 4 is 23.2 Å². The summed E-state index contributed by atoms with van der Waals surface area (Å²) in [5.74, 6) is 1.12. The lowest BCUT2D eigenvalue weighted by atomic mass is 9.84. The largest absolute Gasteiger partial charge is 0.494 e. The maximum atomic E-state index is 13.2. The normalized spacial score (nSPS) is 17.5. The molecule has 7 nitrogen and oxygen atoms in total. The minimum Gasteiger partial charge on any atom is -0.494 e. The Balaban J connectivity index is 0.00000124. The molecular weight excluding hydrogens is 514 g/mol. The Bertz CT molecular complexity index is 1250. The van der Waals surface area contributed by atoms with Gasteiger partial charge in [-0.2, -0.15) is 0 Å². The number of amides is 1. The number of carboxylic acid groups (broad SMARTS) is 1. The van der Waals surface area contributed by atoms with Gasteiger partial charge >= 0.3 is 0 Å². The third kappa shape index (κ3) is 9.03. The first-order chi connectivity index (χ1) is 19.9. The van der Waals surface area contributed by atoms with Gasteiger partial charge in [0, 0.05) is 51.4 Å². The second kappa shape index (κ2) is 15.0. The Morgan fingerprint density at radius 2 is 1.61 bits per heavy atom. The van der Waals surface area contributed by atoms with E-state index >= 15 is 0 Å². The zero-order valence-corrected chi connectivity index (χ0v) is 24.6. The minimum atomic E-state index is -0.250. The summed E-state index contributed by atoms with van der Waals surface area (Å²) in [5.41, 5.74) is 2.61. The summed E-state index contributed by atoms with van der Waals surface area (Å²) in [5, 5.41) is 9.05. The van der Waals surface area contributed by atoms with Gasteiger partial charge in [0.05, 0.1) is 6.61 Å². The molecule has 2 fully saturated rings. The molecule has 0 bridgehead atoms. The third-order valence-corrected chi connectivity index (χ3v) is 8.19. The number of nitrogens with zero attached hydrogens (tertiary/aromatic N) is 3. The topological polar surface area (TPSA) is 73.3 Å². The van der Waals surface area contributed by atoms with Crippen molar-refractivity contribution in [2.45, 2.75) is 39.5 Å². The molecule has 3 aromatic carbocycles. The lowest BCUT2D eigenvalue weighted by Crippen LogP contribution is -2.49. The van der Waals surface area contributed by atoms with Gasteiger partial charge in [-0.1, -0.05) is 62.4 Å². The van der Waals surface area contributed by atoms with E-state index in [0.29, 0.717) is 5.41 Å². The molecule has 220 valence electrons. The van der Waals surface area contributed by atoms with Crippen LogP contribution in [0, 0.1) is 5.41 Å². The first-order valence-electron chi connectivity index (χ1n) is 14.9.